The molecule has 2 aromatic carbocycles. The summed E-state index contributed by atoms with van der Waals surface area (Å²) in [4.78, 5) is 27.6. The third kappa shape index (κ3) is 4.24. The predicted molar refractivity (Wildman–Crippen MR) is 129 cm³/mol. The molecule has 0 amide bonds. The van der Waals surface area contributed by atoms with Crippen LogP contribution in [0.15, 0.2) is 76.0 Å². The number of hydrogen-bond donors (Lipinski definition) is 1. The molecule has 2 aromatic rings. The van der Waals surface area contributed by atoms with Crippen LogP contribution in [0.25, 0.3) is 0 Å². The Bertz CT molecular complexity index is 1120. The fraction of sp³-hybridized carbons (Fsp3) is 0.308. The van der Waals surface area contributed by atoms with Gasteiger partial charge in [0, 0.05) is 39.2 Å². The molecule has 2 aliphatic rings. The van der Waals surface area contributed by atoms with E-state index in [-0.39, 0.29) is 24.3 Å². The number of ketones is 1. The number of rotatable bonds is 5. The Morgan fingerprint density at radius 1 is 1.16 bits per heavy atom. The maximum Gasteiger partial charge on any atom is 0.336 e. The van der Waals surface area contributed by atoms with Crippen molar-refractivity contribution in [2.45, 2.75) is 43.4 Å². The molecule has 32 heavy (non-hydrogen) atoms. The Hall–Kier alpha value is -2.50. The number of ether oxygens (including phenoxy) is 1. The van der Waals surface area contributed by atoms with Crippen molar-refractivity contribution in [2.75, 3.05) is 12.9 Å². The number of thioether (sulfide) groups is 1. The molecule has 2 atom stereocenters. The minimum absolute atomic E-state index is 0.00101. The lowest BCUT2D eigenvalue weighted by Crippen LogP contribution is -2.36. The molecule has 4 nitrogen and oxygen atoms in total. The largest absolute Gasteiger partial charge is 0.463 e. The predicted octanol–water partition coefficient (Wildman–Crippen LogP) is 5.99. The number of Topliss-reactive ketones (excluding diaryl/α,β-unsaturated/α-hetero) is 1. The van der Waals surface area contributed by atoms with E-state index in [9.17, 15) is 9.59 Å². The van der Waals surface area contributed by atoms with Gasteiger partial charge in [0.2, 0.25) is 0 Å². The standard InChI is InChI=1S/C26H26ClNO3S/c1-4-31-26(30)23-15(2)28-21-13-17(19-7-5-6-8-20(19)27)14-22(29)25(21)24(23)16-9-11-18(32-3)12-10-16/h5-12,17,24,28H,4,13-14H2,1-3H3/t17-,24+/m0/s1. The van der Waals surface area contributed by atoms with Crippen molar-refractivity contribution in [1.29, 1.82) is 0 Å². The van der Waals surface area contributed by atoms with Crippen LogP contribution >= 0.6 is 23.4 Å². The maximum absolute atomic E-state index is 13.5. The molecule has 4 rings (SSSR count). The molecule has 6 heteroatoms. The van der Waals surface area contributed by atoms with Gasteiger partial charge in [-0.1, -0.05) is 41.9 Å². The molecule has 0 radical (unpaired) electrons. The Labute approximate surface area is 198 Å². The fourth-order valence-corrected chi connectivity index (χ4v) is 5.37. The lowest BCUT2D eigenvalue weighted by Gasteiger charge is -2.37. The van der Waals surface area contributed by atoms with E-state index in [0.29, 0.717) is 29.0 Å². The first-order valence-corrected chi connectivity index (χ1v) is 12.3. The molecule has 0 spiro atoms. The summed E-state index contributed by atoms with van der Waals surface area (Å²) in [5.74, 6) is -0.791. The number of benzene rings is 2. The van der Waals surface area contributed by atoms with Crippen LogP contribution in [0.4, 0.5) is 0 Å². The number of carbonyl (C=O) groups is 2. The number of halogens is 1. The van der Waals surface area contributed by atoms with E-state index in [4.69, 9.17) is 16.3 Å². The van der Waals surface area contributed by atoms with Crippen molar-refractivity contribution in [2.24, 2.45) is 0 Å². The van der Waals surface area contributed by atoms with Crippen LogP contribution < -0.4 is 5.32 Å². The van der Waals surface area contributed by atoms with E-state index in [1.165, 1.54) is 0 Å². The number of nitrogens with one attached hydrogen (secondary N) is 1. The molecule has 0 fully saturated rings. The van der Waals surface area contributed by atoms with Crippen molar-refractivity contribution in [3.63, 3.8) is 0 Å². The summed E-state index contributed by atoms with van der Waals surface area (Å²) in [6.07, 6.45) is 3.05. The zero-order valence-electron chi connectivity index (χ0n) is 18.4. The van der Waals surface area contributed by atoms with Gasteiger partial charge in [-0.15, -0.1) is 11.8 Å². The molecule has 1 heterocycles. The topological polar surface area (TPSA) is 55.4 Å². The second-order valence-electron chi connectivity index (χ2n) is 8.03. The minimum Gasteiger partial charge on any atom is -0.463 e. The molecule has 1 N–H and O–H groups in total. The molecular formula is C26H26ClNO3S. The third-order valence-corrected chi connectivity index (χ3v) is 7.20. The number of dihydropyridines is 1. The Balaban J connectivity index is 1.80. The zero-order chi connectivity index (χ0) is 22.8. The third-order valence-electron chi connectivity index (χ3n) is 6.12. The van der Waals surface area contributed by atoms with Gasteiger partial charge in [-0.3, -0.25) is 4.79 Å². The Morgan fingerprint density at radius 3 is 2.53 bits per heavy atom. The van der Waals surface area contributed by atoms with Crippen LogP contribution in [0.1, 0.15) is 49.7 Å². The first-order chi connectivity index (χ1) is 15.4. The van der Waals surface area contributed by atoms with E-state index in [2.05, 4.69) is 5.32 Å². The number of esters is 1. The molecule has 0 unspecified atom stereocenters. The van der Waals surface area contributed by atoms with Gasteiger partial charge < -0.3 is 10.1 Å². The lowest BCUT2D eigenvalue weighted by atomic mass is 9.71. The smallest absolute Gasteiger partial charge is 0.336 e. The summed E-state index contributed by atoms with van der Waals surface area (Å²) in [5.41, 5.74) is 4.67. The lowest BCUT2D eigenvalue weighted by molar-refractivity contribution is -0.138. The normalized spacial score (nSPS) is 20.7. The number of carbonyl (C=O) groups excluding carboxylic acids is 2. The van der Waals surface area contributed by atoms with Gasteiger partial charge in [0.25, 0.3) is 0 Å². The van der Waals surface area contributed by atoms with Gasteiger partial charge in [0.1, 0.15) is 0 Å². The number of hydrogen-bond acceptors (Lipinski definition) is 5. The fourth-order valence-electron chi connectivity index (χ4n) is 4.67. The van der Waals surface area contributed by atoms with E-state index < -0.39 is 5.92 Å². The minimum atomic E-state index is -0.444. The van der Waals surface area contributed by atoms with Crippen molar-refractivity contribution in [3.05, 3.63) is 87.2 Å². The van der Waals surface area contributed by atoms with E-state index >= 15 is 0 Å². The maximum atomic E-state index is 13.5. The summed E-state index contributed by atoms with van der Waals surface area (Å²) >= 11 is 8.10. The van der Waals surface area contributed by atoms with Gasteiger partial charge in [0.15, 0.2) is 5.78 Å². The molecule has 1 aliphatic carbocycles. The zero-order valence-corrected chi connectivity index (χ0v) is 20.0. The summed E-state index contributed by atoms with van der Waals surface area (Å²) < 4.78 is 5.38. The van der Waals surface area contributed by atoms with Gasteiger partial charge >= 0.3 is 5.97 Å². The summed E-state index contributed by atoms with van der Waals surface area (Å²) in [6.45, 7) is 3.95. The first-order valence-electron chi connectivity index (χ1n) is 10.7. The van der Waals surface area contributed by atoms with Crippen molar-refractivity contribution in [3.8, 4) is 0 Å². The molecular weight excluding hydrogens is 442 g/mol. The average molecular weight is 468 g/mol. The quantitative estimate of drug-likeness (QED) is 0.432. The molecule has 1 aliphatic heterocycles. The summed E-state index contributed by atoms with van der Waals surface area (Å²) in [5, 5.41) is 4.04. The summed E-state index contributed by atoms with van der Waals surface area (Å²) in [7, 11) is 0. The molecule has 0 bridgehead atoms. The highest BCUT2D eigenvalue weighted by atomic mass is 35.5. The van der Waals surface area contributed by atoms with Crippen molar-refractivity contribution in [1.82, 2.24) is 5.32 Å². The Kier molecular flexibility index (Phi) is 6.77. The molecule has 166 valence electrons. The van der Waals surface area contributed by atoms with Crippen LogP contribution in [0.5, 0.6) is 0 Å². The van der Waals surface area contributed by atoms with Gasteiger partial charge in [-0.25, -0.2) is 4.79 Å². The van der Waals surface area contributed by atoms with Crippen LogP contribution in [0.2, 0.25) is 5.02 Å². The van der Waals surface area contributed by atoms with E-state index in [0.717, 1.165) is 27.4 Å². The van der Waals surface area contributed by atoms with Crippen LogP contribution in [0, 0.1) is 0 Å². The van der Waals surface area contributed by atoms with Crippen molar-refractivity contribution < 1.29 is 14.3 Å². The van der Waals surface area contributed by atoms with E-state index in [1.807, 2.05) is 61.7 Å². The highest BCUT2D eigenvalue weighted by molar-refractivity contribution is 7.98. The van der Waals surface area contributed by atoms with Crippen molar-refractivity contribution >= 4 is 35.1 Å². The van der Waals surface area contributed by atoms with Gasteiger partial charge in [0.05, 0.1) is 12.2 Å². The van der Waals surface area contributed by atoms with E-state index in [1.54, 1.807) is 18.7 Å². The second-order valence-corrected chi connectivity index (χ2v) is 9.32. The van der Waals surface area contributed by atoms with Gasteiger partial charge in [-0.05, 0) is 61.8 Å². The molecule has 0 aromatic heterocycles. The SMILES string of the molecule is CCOC(=O)C1=C(C)NC2=C(C(=O)C[C@@H](c3ccccc3Cl)C2)[C@@H]1c1ccc(SC)cc1. The monoisotopic (exact) mass is 467 g/mol. The average Bonchev–Trinajstić information content (AvgIpc) is 2.78. The summed E-state index contributed by atoms with van der Waals surface area (Å²) in [6, 6.07) is 15.8. The number of allylic oxidation sites excluding steroid dienone is 3. The molecule has 0 saturated heterocycles. The highest BCUT2D eigenvalue weighted by Crippen LogP contribution is 2.46. The molecule has 0 saturated carbocycles. The van der Waals surface area contributed by atoms with Crippen LogP contribution in [0.3, 0.4) is 0 Å². The first kappa shape index (κ1) is 22.7. The Morgan fingerprint density at radius 2 is 1.88 bits per heavy atom. The highest BCUT2D eigenvalue weighted by Gasteiger charge is 2.41. The van der Waals surface area contributed by atoms with Gasteiger partial charge in [-0.2, -0.15) is 0 Å². The van der Waals surface area contributed by atoms with Crippen LogP contribution in [-0.2, 0) is 14.3 Å². The second kappa shape index (κ2) is 9.55. The van der Waals surface area contributed by atoms with Crippen LogP contribution in [-0.4, -0.2) is 24.6 Å².